The van der Waals surface area contributed by atoms with E-state index in [2.05, 4.69) is 19.6 Å². The summed E-state index contributed by atoms with van der Waals surface area (Å²) in [6.07, 6.45) is 14.8. The van der Waals surface area contributed by atoms with Crippen LogP contribution >= 0.6 is 24.8 Å². The van der Waals surface area contributed by atoms with Gasteiger partial charge in [0.15, 0.2) is 0 Å². The topological polar surface area (TPSA) is 37.3 Å². The Morgan fingerprint density at radius 3 is 1.77 bits per heavy atom. The lowest BCUT2D eigenvalue weighted by atomic mass is 9.94. The van der Waals surface area contributed by atoms with E-state index in [9.17, 15) is 9.90 Å². The summed E-state index contributed by atoms with van der Waals surface area (Å²) in [6, 6.07) is 0. The first-order chi connectivity index (χ1) is 10.5. The first-order valence-electron chi connectivity index (χ1n) is 8.98. The molecule has 0 saturated carbocycles. The molecule has 1 N–H and O–H groups in total. The highest BCUT2D eigenvalue weighted by Crippen LogP contribution is 2.27. The Kier molecular flexibility index (Phi) is 13.3. The van der Waals surface area contributed by atoms with Crippen LogP contribution in [-0.4, -0.2) is 20.7 Å². The van der Waals surface area contributed by atoms with Crippen molar-refractivity contribution in [3.8, 4) is 0 Å². The van der Waals surface area contributed by atoms with Crippen LogP contribution in [0.15, 0.2) is 0 Å². The lowest BCUT2D eigenvalue weighted by Gasteiger charge is -2.24. The molecule has 0 rings (SSSR count). The van der Waals surface area contributed by atoms with Crippen molar-refractivity contribution in [3.05, 3.63) is 0 Å². The van der Waals surface area contributed by atoms with Crippen LogP contribution in [0.25, 0.3) is 0 Å². The number of aliphatic carboxylic acids is 1. The monoisotopic (exact) mass is 346 g/mol. The van der Waals surface area contributed by atoms with E-state index in [1.165, 1.54) is 51.4 Å². The third-order valence-corrected chi connectivity index (χ3v) is 5.57. The standard InChI is InChI=1S/C18H34O2S2/c1-3-5-6-7-8-9-10-11-12-13-14-16(21)18(22,15-4-2)17(19)20/h22H,3-15H2,1-2H3,(H,19,20). The van der Waals surface area contributed by atoms with E-state index in [-0.39, 0.29) is 0 Å². The summed E-state index contributed by atoms with van der Waals surface area (Å²) in [7, 11) is 0. The Morgan fingerprint density at radius 1 is 0.909 bits per heavy atom. The SMILES string of the molecule is CCCCCCCCCCCCC(=S)C(S)(CCC)C(=O)O. The average Bonchev–Trinajstić information content (AvgIpc) is 2.48. The van der Waals surface area contributed by atoms with Crippen molar-refractivity contribution in [3.63, 3.8) is 0 Å². The molecule has 0 fully saturated rings. The quantitative estimate of drug-likeness (QED) is 0.210. The molecule has 0 aromatic heterocycles. The van der Waals surface area contributed by atoms with Crippen molar-refractivity contribution in [1.29, 1.82) is 0 Å². The van der Waals surface area contributed by atoms with E-state index in [1.807, 2.05) is 6.92 Å². The molecular weight excluding hydrogens is 312 g/mol. The number of hydrogen-bond donors (Lipinski definition) is 2. The van der Waals surface area contributed by atoms with E-state index in [4.69, 9.17) is 12.2 Å². The molecule has 0 spiro atoms. The Morgan fingerprint density at radius 2 is 1.36 bits per heavy atom. The Labute approximate surface area is 147 Å². The predicted octanol–water partition coefficient (Wildman–Crippen LogP) is 6.22. The van der Waals surface area contributed by atoms with Crippen LogP contribution < -0.4 is 0 Å². The van der Waals surface area contributed by atoms with Gasteiger partial charge in [0.1, 0.15) is 4.75 Å². The lowest BCUT2D eigenvalue weighted by Crippen LogP contribution is -2.40. The van der Waals surface area contributed by atoms with Crippen LogP contribution in [-0.2, 0) is 4.79 Å². The first-order valence-corrected chi connectivity index (χ1v) is 9.83. The van der Waals surface area contributed by atoms with Gasteiger partial charge in [-0.3, -0.25) is 4.79 Å². The molecule has 0 saturated heterocycles. The number of carboxylic acid groups (broad SMARTS) is 1. The Bertz CT molecular complexity index is 318. The first kappa shape index (κ1) is 21.9. The third kappa shape index (κ3) is 9.14. The van der Waals surface area contributed by atoms with E-state index in [1.54, 1.807) is 0 Å². The summed E-state index contributed by atoms with van der Waals surface area (Å²) in [6.45, 7) is 4.21. The zero-order valence-corrected chi connectivity index (χ0v) is 16.1. The normalized spacial score (nSPS) is 13.8. The number of thiocarbonyl (C=S) groups is 1. The van der Waals surface area contributed by atoms with Gasteiger partial charge in [0.05, 0.1) is 0 Å². The number of carbonyl (C=O) groups is 1. The van der Waals surface area contributed by atoms with Crippen molar-refractivity contribution in [2.45, 2.75) is 102 Å². The van der Waals surface area contributed by atoms with Gasteiger partial charge in [-0.2, -0.15) is 12.6 Å². The maximum absolute atomic E-state index is 11.4. The zero-order valence-electron chi connectivity index (χ0n) is 14.4. The summed E-state index contributed by atoms with van der Waals surface area (Å²) in [4.78, 5) is 12.0. The minimum absolute atomic E-state index is 0.516. The van der Waals surface area contributed by atoms with Crippen molar-refractivity contribution in [2.75, 3.05) is 0 Å². The molecular formula is C18H34O2S2. The fraction of sp³-hybridized carbons (Fsp3) is 0.889. The number of thiol groups is 1. The fourth-order valence-corrected chi connectivity index (χ4v) is 3.38. The predicted molar refractivity (Wildman–Crippen MR) is 103 cm³/mol. The molecule has 4 heteroatoms. The molecule has 0 radical (unpaired) electrons. The zero-order chi connectivity index (χ0) is 16.8. The smallest absolute Gasteiger partial charge is 0.324 e. The Hall–Kier alpha value is -0.0900. The maximum atomic E-state index is 11.4. The second-order valence-corrected chi connectivity index (χ2v) is 7.53. The number of carboxylic acids is 1. The summed E-state index contributed by atoms with van der Waals surface area (Å²) < 4.78 is -1.11. The summed E-state index contributed by atoms with van der Waals surface area (Å²) in [5, 5.41) is 9.33. The number of unbranched alkanes of at least 4 members (excludes halogenated alkanes) is 9. The van der Waals surface area contributed by atoms with Gasteiger partial charge in [-0.25, -0.2) is 0 Å². The molecule has 1 unspecified atom stereocenters. The van der Waals surface area contributed by atoms with Gasteiger partial charge >= 0.3 is 5.97 Å². The fourth-order valence-electron chi connectivity index (χ4n) is 2.71. The van der Waals surface area contributed by atoms with Crippen LogP contribution in [0.4, 0.5) is 0 Å². The lowest BCUT2D eigenvalue weighted by molar-refractivity contribution is -0.138. The highest BCUT2D eigenvalue weighted by molar-refractivity contribution is 7.88. The average molecular weight is 347 g/mol. The van der Waals surface area contributed by atoms with E-state index in [0.717, 1.165) is 19.3 Å². The van der Waals surface area contributed by atoms with Crippen LogP contribution in [0, 0.1) is 0 Å². The third-order valence-electron chi connectivity index (χ3n) is 4.18. The highest BCUT2D eigenvalue weighted by atomic mass is 32.1. The summed E-state index contributed by atoms with van der Waals surface area (Å²) in [5.74, 6) is -0.894. The van der Waals surface area contributed by atoms with Crippen molar-refractivity contribution in [2.24, 2.45) is 0 Å². The van der Waals surface area contributed by atoms with Crippen LogP contribution in [0.3, 0.4) is 0 Å². The van der Waals surface area contributed by atoms with Gasteiger partial charge in [-0.1, -0.05) is 90.3 Å². The second kappa shape index (κ2) is 13.4. The minimum Gasteiger partial charge on any atom is -0.480 e. The van der Waals surface area contributed by atoms with Gasteiger partial charge in [-0.15, -0.1) is 0 Å². The molecule has 1 atom stereocenters. The highest BCUT2D eigenvalue weighted by Gasteiger charge is 2.37. The summed E-state index contributed by atoms with van der Waals surface area (Å²) in [5.41, 5.74) is 0. The number of hydrogen-bond acceptors (Lipinski definition) is 3. The van der Waals surface area contributed by atoms with E-state index in [0.29, 0.717) is 17.7 Å². The van der Waals surface area contributed by atoms with Crippen LogP contribution in [0.5, 0.6) is 0 Å². The molecule has 0 heterocycles. The van der Waals surface area contributed by atoms with Crippen molar-refractivity contribution >= 4 is 35.7 Å². The number of rotatable bonds is 15. The van der Waals surface area contributed by atoms with Gasteiger partial charge in [0.2, 0.25) is 0 Å². The van der Waals surface area contributed by atoms with E-state index >= 15 is 0 Å². The van der Waals surface area contributed by atoms with E-state index < -0.39 is 10.7 Å². The van der Waals surface area contributed by atoms with Crippen molar-refractivity contribution < 1.29 is 9.90 Å². The van der Waals surface area contributed by atoms with Gasteiger partial charge in [0, 0.05) is 4.86 Å². The molecule has 2 nitrogen and oxygen atoms in total. The van der Waals surface area contributed by atoms with Gasteiger partial charge in [0.25, 0.3) is 0 Å². The van der Waals surface area contributed by atoms with Gasteiger partial charge < -0.3 is 5.11 Å². The molecule has 0 aromatic carbocycles. The molecule has 22 heavy (non-hydrogen) atoms. The van der Waals surface area contributed by atoms with Crippen LogP contribution in [0.1, 0.15) is 97.3 Å². The van der Waals surface area contributed by atoms with Gasteiger partial charge in [-0.05, 0) is 19.3 Å². The molecule has 130 valence electrons. The second-order valence-electron chi connectivity index (χ2n) is 6.27. The molecule has 0 amide bonds. The summed E-state index contributed by atoms with van der Waals surface area (Å²) >= 11 is 9.68. The Balaban J connectivity index is 3.69. The molecule has 0 aliphatic heterocycles. The molecule has 0 aliphatic carbocycles. The molecule has 0 bridgehead atoms. The maximum Gasteiger partial charge on any atom is 0.324 e. The van der Waals surface area contributed by atoms with Crippen LogP contribution in [0.2, 0.25) is 0 Å². The largest absolute Gasteiger partial charge is 0.480 e. The molecule has 0 aromatic rings. The molecule has 0 aliphatic rings. The minimum atomic E-state index is -1.11. The van der Waals surface area contributed by atoms with Crippen molar-refractivity contribution in [1.82, 2.24) is 0 Å².